The molecule has 1 aromatic carbocycles. The van der Waals surface area contributed by atoms with Gasteiger partial charge in [0.05, 0.1) is 24.2 Å². The van der Waals surface area contributed by atoms with Gasteiger partial charge in [-0.3, -0.25) is 9.59 Å². The van der Waals surface area contributed by atoms with E-state index < -0.39 is 23.6 Å². The van der Waals surface area contributed by atoms with Crippen LogP contribution in [-0.4, -0.2) is 65.1 Å². The van der Waals surface area contributed by atoms with Crippen LogP contribution in [0.3, 0.4) is 0 Å². The lowest BCUT2D eigenvalue weighted by Gasteiger charge is -2.35. The van der Waals surface area contributed by atoms with Crippen molar-refractivity contribution in [1.82, 2.24) is 34.8 Å². The van der Waals surface area contributed by atoms with Crippen molar-refractivity contribution in [2.75, 3.05) is 6.54 Å². The van der Waals surface area contributed by atoms with E-state index in [1.165, 1.54) is 4.90 Å². The molecule has 2 N–H and O–H groups in total. The molecule has 39 heavy (non-hydrogen) atoms. The molecular weight excluding hydrogens is 494 g/mol. The van der Waals surface area contributed by atoms with Gasteiger partial charge < -0.3 is 19.9 Å². The van der Waals surface area contributed by atoms with Gasteiger partial charge in [-0.25, -0.2) is 9.67 Å². The van der Waals surface area contributed by atoms with Gasteiger partial charge in [0.2, 0.25) is 11.8 Å². The van der Waals surface area contributed by atoms with Gasteiger partial charge in [0.25, 0.3) is 0 Å². The molecule has 0 radical (unpaired) electrons. The number of imidazole rings is 1. The third kappa shape index (κ3) is 5.90. The van der Waals surface area contributed by atoms with E-state index in [4.69, 9.17) is 0 Å². The number of hydrogen-bond donors (Lipinski definition) is 2. The van der Waals surface area contributed by atoms with Crippen molar-refractivity contribution >= 4 is 11.8 Å². The summed E-state index contributed by atoms with van der Waals surface area (Å²) in [7, 11) is 0. The highest BCUT2D eigenvalue weighted by Gasteiger charge is 2.45. The second-order valence-electron chi connectivity index (χ2n) is 12.2. The first-order valence-electron chi connectivity index (χ1n) is 13.7. The summed E-state index contributed by atoms with van der Waals surface area (Å²) in [4.78, 5) is 33.6. The van der Waals surface area contributed by atoms with Crippen LogP contribution in [0.5, 0.6) is 0 Å². The monoisotopic (exact) mass is 533 g/mol. The van der Waals surface area contributed by atoms with E-state index in [-0.39, 0.29) is 30.8 Å². The Labute approximate surface area is 229 Å². The summed E-state index contributed by atoms with van der Waals surface area (Å²) in [6, 6.07) is 4.39. The predicted octanol–water partition coefficient (Wildman–Crippen LogP) is 3.08. The van der Waals surface area contributed by atoms with Crippen LogP contribution in [0.25, 0.3) is 0 Å². The number of likely N-dealkylation sites (tertiary alicyclic amines) is 1. The zero-order valence-corrected chi connectivity index (χ0v) is 23.4. The number of benzene rings is 1. The molecule has 2 aliphatic rings. The van der Waals surface area contributed by atoms with E-state index >= 15 is 0 Å². The first kappa shape index (κ1) is 27.1. The molecule has 1 aliphatic heterocycles. The summed E-state index contributed by atoms with van der Waals surface area (Å²) in [5, 5.41) is 22.5. The number of aliphatic hydroxyl groups excluding tert-OH is 1. The lowest BCUT2D eigenvalue weighted by Crippen LogP contribution is -2.51. The molecule has 5 rings (SSSR count). The van der Waals surface area contributed by atoms with Crippen LogP contribution in [0, 0.1) is 19.3 Å². The average molecular weight is 534 g/mol. The SMILES string of the molecule is Cc1ccc(C(Cn2ccnc2)NC(=O)[C@H]2C[C@H](O)CN2C(=O)[C@H](n2cc(C3CC3)nn2)C(C)(C)C)c(C)c1. The fraction of sp³-hybridized carbons (Fsp3) is 0.552. The van der Waals surface area contributed by atoms with Gasteiger partial charge >= 0.3 is 0 Å². The summed E-state index contributed by atoms with van der Waals surface area (Å²) < 4.78 is 3.57. The third-order valence-electron chi connectivity index (χ3n) is 7.78. The lowest BCUT2D eigenvalue weighted by atomic mass is 9.85. The molecule has 10 nitrogen and oxygen atoms in total. The van der Waals surface area contributed by atoms with Gasteiger partial charge in [-0.05, 0) is 43.2 Å². The Balaban J connectivity index is 1.40. The van der Waals surface area contributed by atoms with Crippen molar-refractivity contribution in [3.63, 3.8) is 0 Å². The molecule has 10 heteroatoms. The number of carbonyl (C=O) groups excluding carboxylic acids is 2. The fourth-order valence-electron chi connectivity index (χ4n) is 5.64. The van der Waals surface area contributed by atoms with E-state index in [2.05, 4.69) is 26.7 Å². The Hall–Kier alpha value is -3.53. The predicted molar refractivity (Wildman–Crippen MR) is 146 cm³/mol. The number of nitrogens with zero attached hydrogens (tertiary/aromatic N) is 6. The quantitative estimate of drug-likeness (QED) is 0.460. The Morgan fingerprint density at radius 1 is 1.21 bits per heavy atom. The van der Waals surface area contributed by atoms with Gasteiger partial charge in [-0.1, -0.05) is 49.7 Å². The largest absolute Gasteiger partial charge is 0.391 e. The summed E-state index contributed by atoms with van der Waals surface area (Å²) in [6.07, 6.45) is 8.75. The maximum absolute atomic E-state index is 14.1. The number of aliphatic hydroxyl groups is 1. The molecule has 3 heterocycles. The lowest BCUT2D eigenvalue weighted by molar-refractivity contribution is -0.144. The van der Waals surface area contributed by atoms with Crippen molar-refractivity contribution in [1.29, 1.82) is 0 Å². The number of aromatic nitrogens is 5. The number of carbonyl (C=O) groups is 2. The van der Waals surface area contributed by atoms with Crippen molar-refractivity contribution in [2.24, 2.45) is 5.41 Å². The van der Waals surface area contributed by atoms with Crippen LogP contribution in [0.15, 0.2) is 43.1 Å². The van der Waals surface area contributed by atoms with Crippen molar-refractivity contribution in [2.45, 2.75) is 90.6 Å². The van der Waals surface area contributed by atoms with E-state index in [1.54, 1.807) is 17.2 Å². The molecule has 1 unspecified atom stereocenters. The molecular formula is C29H39N7O3. The van der Waals surface area contributed by atoms with Crippen LogP contribution in [0.4, 0.5) is 0 Å². The Morgan fingerprint density at radius 2 is 1.97 bits per heavy atom. The highest BCUT2D eigenvalue weighted by atomic mass is 16.3. The molecule has 2 fully saturated rings. The van der Waals surface area contributed by atoms with Gasteiger partial charge in [0.15, 0.2) is 0 Å². The number of β-amino-alcohol motifs (C(OH)–C–C–N with tert-alkyl or cyclic N) is 1. The maximum atomic E-state index is 14.1. The molecule has 0 spiro atoms. The normalized spacial score (nSPS) is 21.1. The maximum Gasteiger partial charge on any atom is 0.248 e. The first-order chi connectivity index (χ1) is 18.5. The van der Waals surface area contributed by atoms with Gasteiger partial charge in [0, 0.05) is 44.0 Å². The zero-order valence-electron chi connectivity index (χ0n) is 23.4. The molecule has 4 atom stereocenters. The van der Waals surface area contributed by atoms with Crippen LogP contribution in [-0.2, 0) is 16.1 Å². The summed E-state index contributed by atoms with van der Waals surface area (Å²) >= 11 is 0. The van der Waals surface area contributed by atoms with E-state index in [0.717, 1.165) is 35.2 Å². The summed E-state index contributed by atoms with van der Waals surface area (Å²) in [5.74, 6) is -0.0988. The van der Waals surface area contributed by atoms with Crippen molar-refractivity contribution in [3.8, 4) is 0 Å². The van der Waals surface area contributed by atoms with Crippen LogP contribution >= 0.6 is 0 Å². The number of hydrogen-bond acceptors (Lipinski definition) is 6. The second-order valence-corrected chi connectivity index (χ2v) is 12.2. The Kier molecular flexibility index (Phi) is 7.33. The van der Waals surface area contributed by atoms with Crippen LogP contribution in [0.2, 0.25) is 0 Å². The number of rotatable bonds is 8. The molecule has 1 saturated carbocycles. The average Bonchev–Trinajstić information content (AvgIpc) is 3.21. The molecule has 1 saturated heterocycles. The molecule has 2 aromatic heterocycles. The smallest absolute Gasteiger partial charge is 0.248 e. The molecule has 2 amide bonds. The minimum absolute atomic E-state index is 0.101. The van der Waals surface area contributed by atoms with E-state index in [9.17, 15) is 14.7 Å². The fourth-order valence-corrected chi connectivity index (χ4v) is 5.64. The first-order valence-corrected chi connectivity index (χ1v) is 13.7. The molecule has 1 aliphatic carbocycles. The highest BCUT2D eigenvalue weighted by Crippen LogP contribution is 2.40. The van der Waals surface area contributed by atoms with Gasteiger partial charge in [-0.2, -0.15) is 0 Å². The van der Waals surface area contributed by atoms with Gasteiger partial charge in [-0.15, -0.1) is 5.10 Å². The van der Waals surface area contributed by atoms with E-state index in [1.807, 2.05) is 63.7 Å². The zero-order chi connectivity index (χ0) is 27.9. The second kappa shape index (κ2) is 10.6. The van der Waals surface area contributed by atoms with Gasteiger partial charge in [0.1, 0.15) is 12.1 Å². The summed E-state index contributed by atoms with van der Waals surface area (Å²) in [5.41, 5.74) is 3.64. The molecule has 3 aromatic rings. The third-order valence-corrected chi connectivity index (χ3v) is 7.78. The number of amides is 2. The minimum atomic E-state index is -0.792. The molecule has 0 bridgehead atoms. The Bertz CT molecular complexity index is 1320. The van der Waals surface area contributed by atoms with Crippen molar-refractivity contribution in [3.05, 3.63) is 65.5 Å². The Morgan fingerprint density at radius 3 is 2.62 bits per heavy atom. The topological polar surface area (TPSA) is 118 Å². The number of nitrogens with one attached hydrogen (secondary N) is 1. The van der Waals surface area contributed by atoms with Crippen molar-refractivity contribution < 1.29 is 14.7 Å². The number of aryl methyl sites for hydroxylation is 2. The van der Waals surface area contributed by atoms with Crippen LogP contribution in [0.1, 0.15) is 80.4 Å². The molecule has 208 valence electrons. The highest BCUT2D eigenvalue weighted by molar-refractivity contribution is 5.90. The minimum Gasteiger partial charge on any atom is -0.391 e. The summed E-state index contributed by atoms with van der Waals surface area (Å²) in [6.45, 7) is 10.6. The van der Waals surface area contributed by atoms with Crippen LogP contribution < -0.4 is 5.32 Å². The standard InChI is InChI=1S/C29H39N7O3/c1-18-6-9-22(19(2)12-18)24(15-34-11-10-30-17-34)31-27(38)25-13-21(37)14-35(25)28(39)26(29(3,4)5)36-16-23(32-33-36)20-7-8-20/h6,9-12,16-17,20-21,24-26,37H,7-8,13-15H2,1-5H3,(H,31,38)/t21-,24?,25+,26-/m0/s1. The van der Waals surface area contributed by atoms with E-state index in [0.29, 0.717) is 12.5 Å².